The number of benzene rings is 1. The van der Waals surface area contributed by atoms with Gasteiger partial charge >= 0.3 is 0 Å². The van der Waals surface area contributed by atoms with Gasteiger partial charge in [0.1, 0.15) is 12.4 Å². The largest absolute Gasteiger partial charge is 0.476 e. The summed E-state index contributed by atoms with van der Waals surface area (Å²) in [6, 6.07) is 4.47. The molecule has 3 aromatic rings. The van der Waals surface area contributed by atoms with Crippen LogP contribution in [0.2, 0.25) is 0 Å². The molecule has 5 nitrogen and oxygen atoms in total. The van der Waals surface area contributed by atoms with Crippen LogP contribution >= 0.6 is 0 Å². The molecule has 3 rings (SSSR count). The maximum absolute atomic E-state index is 6.12. The zero-order chi connectivity index (χ0) is 21.1. The maximum Gasteiger partial charge on any atom is 0.226 e. The molecule has 0 aliphatic heterocycles. The first-order chi connectivity index (χ1) is 13.8. The standard InChI is InChI=1S/C24H34N4O/c1-8-9-10-25-11-12-29-24-21-18(5)19(6)28(23(21)26-20(7)27-24)22-16(3)13-15(2)14-17(22)4/h13-14,25H,8-12H2,1-7H3. The van der Waals surface area contributed by atoms with Crippen LogP contribution in [0, 0.1) is 41.5 Å². The van der Waals surface area contributed by atoms with E-state index in [2.05, 4.69) is 68.5 Å². The number of nitrogens with one attached hydrogen (secondary N) is 1. The fourth-order valence-corrected chi connectivity index (χ4v) is 4.08. The summed E-state index contributed by atoms with van der Waals surface area (Å²) in [6.07, 6.45) is 2.39. The van der Waals surface area contributed by atoms with Crippen LogP contribution in [0.25, 0.3) is 16.7 Å². The highest BCUT2D eigenvalue weighted by atomic mass is 16.5. The van der Waals surface area contributed by atoms with Gasteiger partial charge in [-0.05, 0) is 71.2 Å². The van der Waals surface area contributed by atoms with Crippen LogP contribution in [0.5, 0.6) is 5.88 Å². The molecule has 0 aliphatic carbocycles. The Balaban J connectivity index is 2.04. The first-order valence-electron chi connectivity index (χ1n) is 10.6. The first kappa shape index (κ1) is 21.3. The van der Waals surface area contributed by atoms with Gasteiger partial charge in [-0.2, -0.15) is 4.98 Å². The Morgan fingerprint density at radius 1 is 0.966 bits per heavy atom. The lowest BCUT2D eigenvalue weighted by Crippen LogP contribution is -2.22. The third kappa shape index (κ3) is 4.30. The van der Waals surface area contributed by atoms with Gasteiger partial charge in [0.2, 0.25) is 5.88 Å². The summed E-state index contributed by atoms with van der Waals surface area (Å²) in [4.78, 5) is 9.45. The molecule has 0 spiro atoms. The minimum Gasteiger partial charge on any atom is -0.476 e. The van der Waals surface area contributed by atoms with Crippen molar-refractivity contribution >= 4 is 11.0 Å². The molecule has 0 unspecified atom stereocenters. The Bertz CT molecular complexity index is 997. The molecule has 5 heteroatoms. The van der Waals surface area contributed by atoms with Crippen molar-refractivity contribution in [3.8, 4) is 11.6 Å². The van der Waals surface area contributed by atoms with E-state index in [4.69, 9.17) is 9.72 Å². The lowest BCUT2D eigenvalue weighted by Gasteiger charge is -2.16. The molecule has 2 heterocycles. The van der Waals surface area contributed by atoms with Crippen LogP contribution in [0.4, 0.5) is 0 Å². The number of rotatable bonds is 8. The summed E-state index contributed by atoms with van der Waals surface area (Å²) < 4.78 is 8.39. The highest BCUT2D eigenvalue weighted by molar-refractivity contribution is 5.88. The lowest BCUT2D eigenvalue weighted by molar-refractivity contribution is 0.305. The van der Waals surface area contributed by atoms with E-state index in [0.29, 0.717) is 12.5 Å². The second-order valence-electron chi connectivity index (χ2n) is 8.02. The van der Waals surface area contributed by atoms with Crippen molar-refractivity contribution in [3.05, 3.63) is 45.9 Å². The number of aromatic nitrogens is 3. The first-order valence-corrected chi connectivity index (χ1v) is 10.6. The van der Waals surface area contributed by atoms with Gasteiger partial charge in [-0.25, -0.2) is 4.98 Å². The van der Waals surface area contributed by atoms with Gasteiger partial charge in [-0.3, -0.25) is 4.57 Å². The summed E-state index contributed by atoms with van der Waals surface area (Å²) >= 11 is 0. The van der Waals surface area contributed by atoms with Crippen molar-refractivity contribution in [2.24, 2.45) is 0 Å². The van der Waals surface area contributed by atoms with Gasteiger partial charge in [0.15, 0.2) is 5.65 Å². The summed E-state index contributed by atoms with van der Waals surface area (Å²) in [6.45, 7) is 17.3. The predicted molar refractivity (Wildman–Crippen MR) is 121 cm³/mol. The summed E-state index contributed by atoms with van der Waals surface area (Å²) in [5.41, 5.74) is 8.27. The van der Waals surface area contributed by atoms with Gasteiger partial charge in [-0.1, -0.05) is 31.0 Å². The quantitative estimate of drug-likeness (QED) is 0.544. The van der Waals surface area contributed by atoms with Crippen molar-refractivity contribution in [2.75, 3.05) is 19.7 Å². The van der Waals surface area contributed by atoms with E-state index in [-0.39, 0.29) is 0 Å². The summed E-state index contributed by atoms with van der Waals surface area (Å²) in [5.74, 6) is 1.42. The molecule has 0 saturated carbocycles. The van der Waals surface area contributed by atoms with Crippen molar-refractivity contribution in [1.82, 2.24) is 19.9 Å². The zero-order valence-corrected chi connectivity index (χ0v) is 18.9. The lowest BCUT2D eigenvalue weighted by atomic mass is 10.0. The van der Waals surface area contributed by atoms with Crippen LogP contribution in [-0.4, -0.2) is 34.2 Å². The molecular weight excluding hydrogens is 360 g/mol. The molecule has 0 bridgehead atoms. The Labute approximate surface area is 174 Å². The highest BCUT2D eigenvalue weighted by Gasteiger charge is 2.21. The molecule has 0 aliphatic rings. The molecule has 2 aromatic heterocycles. The molecule has 0 atom stereocenters. The molecule has 0 saturated heterocycles. The minimum atomic E-state index is 0.599. The minimum absolute atomic E-state index is 0.599. The van der Waals surface area contributed by atoms with E-state index in [1.807, 2.05) is 6.92 Å². The van der Waals surface area contributed by atoms with Crippen LogP contribution in [0.15, 0.2) is 12.1 Å². The molecule has 0 amide bonds. The number of aryl methyl sites for hydroxylation is 5. The molecule has 0 fully saturated rings. The van der Waals surface area contributed by atoms with Gasteiger partial charge in [0, 0.05) is 12.2 Å². The van der Waals surface area contributed by atoms with E-state index in [0.717, 1.165) is 29.9 Å². The Hall–Kier alpha value is -2.40. The molecular formula is C24H34N4O. The monoisotopic (exact) mass is 394 g/mol. The van der Waals surface area contributed by atoms with Gasteiger partial charge in [-0.15, -0.1) is 0 Å². The van der Waals surface area contributed by atoms with Crippen molar-refractivity contribution < 1.29 is 4.74 Å². The summed E-state index contributed by atoms with van der Waals surface area (Å²) in [7, 11) is 0. The Morgan fingerprint density at radius 2 is 1.66 bits per heavy atom. The average molecular weight is 395 g/mol. The SMILES string of the molecule is CCCCNCCOc1nc(C)nc2c1c(C)c(C)n2-c1c(C)cc(C)cc1C. The second-order valence-corrected chi connectivity index (χ2v) is 8.02. The molecule has 29 heavy (non-hydrogen) atoms. The Morgan fingerprint density at radius 3 is 2.31 bits per heavy atom. The van der Waals surface area contributed by atoms with E-state index in [1.165, 1.54) is 46.5 Å². The number of unbranched alkanes of at least 4 members (excludes halogenated alkanes) is 1. The van der Waals surface area contributed by atoms with Crippen molar-refractivity contribution in [3.63, 3.8) is 0 Å². The van der Waals surface area contributed by atoms with Crippen LogP contribution < -0.4 is 10.1 Å². The number of ether oxygens (including phenoxy) is 1. The van der Waals surface area contributed by atoms with Crippen molar-refractivity contribution in [2.45, 2.75) is 61.3 Å². The maximum atomic E-state index is 6.12. The topological polar surface area (TPSA) is 52.0 Å². The van der Waals surface area contributed by atoms with Crippen LogP contribution in [0.3, 0.4) is 0 Å². The summed E-state index contributed by atoms with van der Waals surface area (Å²) in [5, 5.41) is 4.44. The van der Waals surface area contributed by atoms with E-state index >= 15 is 0 Å². The Kier molecular flexibility index (Phi) is 6.58. The van der Waals surface area contributed by atoms with Crippen LogP contribution in [-0.2, 0) is 0 Å². The average Bonchev–Trinajstić information content (AvgIpc) is 2.88. The van der Waals surface area contributed by atoms with E-state index in [9.17, 15) is 0 Å². The van der Waals surface area contributed by atoms with Crippen LogP contribution in [0.1, 0.15) is 53.5 Å². The molecule has 156 valence electrons. The van der Waals surface area contributed by atoms with Gasteiger partial charge in [0.05, 0.1) is 11.1 Å². The normalized spacial score (nSPS) is 11.4. The third-order valence-electron chi connectivity index (χ3n) is 5.52. The van der Waals surface area contributed by atoms with Crippen molar-refractivity contribution in [1.29, 1.82) is 0 Å². The molecule has 1 N–H and O–H groups in total. The highest BCUT2D eigenvalue weighted by Crippen LogP contribution is 2.35. The number of hydrogen-bond donors (Lipinski definition) is 1. The van der Waals surface area contributed by atoms with Gasteiger partial charge < -0.3 is 10.1 Å². The molecule has 0 radical (unpaired) electrons. The predicted octanol–water partition coefficient (Wildman–Crippen LogP) is 5.04. The fourth-order valence-electron chi connectivity index (χ4n) is 4.08. The number of hydrogen-bond acceptors (Lipinski definition) is 4. The third-order valence-corrected chi connectivity index (χ3v) is 5.52. The zero-order valence-electron chi connectivity index (χ0n) is 18.9. The van der Waals surface area contributed by atoms with Gasteiger partial charge in [0.25, 0.3) is 0 Å². The van der Waals surface area contributed by atoms with E-state index in [1.54, 1.807) is 0 Å². The molecule has 1 aromatic carbocycles. The fraction of sp³-hybridized carbons (Fsp3) is 0.500. The smallest absolute Gasteiger partial charge is 0.226 e. The second kappa shape index (κ2) is 8.95. The van der Waals surface area contributed by atoms with E-state index < -0.39 is 0 Å². The number of fused-ring (bicyclic) bond motifs is 1. The number of nitrogens with zero attached hydrogens (tertiary/aromatic N) is 3.